The van der Waals surface area contributed by atoms with E-state index in [-0.39, 0.29) is 12.1 Å². The summed E-state index contributed by atoms with van der Waals surface area (Å²) in [7, 11) is 1.67. The zero-order valence-electron chi connectivity index (χ0n) is 9.48. The van der Waals surface area contributed by atoms with Crippen LogP contribution in [0.15, 0.2) is 5.38 Å². The van der Waals surface area contributed by atoms with Crippen molar-refractivity contribution in [2.75, 3.05) is 7.11 Å². The summed E-state index contributed by atoms with van der Waals surface area (Å²) < 4.78 is 5.02. The molecule has 2 atom stereocenters. The van der Waals surface area contributed by atoms with Gasteiger partial charge in [0.1, 0.15) is 5.01 Å². The van der Waals surface area contributed by atoms with Gasteiger partial charge in [-0.1, -0.05) is 0 Å². The number of nitrogens with one attached hydrogen (secondary N) is 1. The Morgan fingerprint density at radius 1 is 1.62 bits per heavy atom. The Hall–Kier alpha value is -0.490. The first kappa shape index (κ1) is 12.0. The predicted molar refractivity (Wildman–Crippen MR) is 63.3 cm³/mol. The Kier molecular flexibility index (Phi) is 4.29. The van der Waals surface area contributed by atoms with Gasteiger partial charge in [0.05, 0.1) is 18.4 Å². The van der Waals surface area contributed by atoms with Crippen LogP contribution < -0.4 is 5.32 Å². The van der Waals surface area contributed by atoms with Crippen molar-refractivity contribution in [1.29, 1.82) is 0 Å². The molecule has 1 aromatic rings. The fraction of sp³-hybridized carbons (Fsp3) is 0.727. The highest BCUT2D eigenvalue weighted by Crippen LogP contribution is 2.19. The predicted octanol–water partition coefficient (Wildman–Crippen LogP) is 1.29. The molecule has 2 unspecified atom stereocenters. The van der Waals surface area contributed by atoms with Crippen LogP contribution in [0.3, 0.4) is 0 Å². The summed E-state index contributed by atoms with van der Waals surface area (Å²) in [5.74, 6) is 0. The first-order chi connectivity index (χ1) is 7.79. The molecule has 4 nitrogen and oxygen atoms in total. The lowest BCUT2D eigenvalue weighted by Crippen LogP contribution is -2.35. The van der Waals surface area contributed by atoms with E-state index in [0.717, 1.165) is 36.5 Å². The molecule has 0 saturated heterocycles. The summed E-state index contributed by atoms with van der Waals surface area (Å²) in [6.45, 7) is 1.32. The van der Waals surface area contributed by atoms with Gasteiger partial charge in [-0.15, -0.1) is 11.3 Å². The molecule has 2 rings (SSSR count). The van der Waals surface area contributed by atoms with E-state index in [2.05, 4.69) is 10.3 Å². The lowest BCUT2D eigenvalue weighted by Gasteiger charge is -2.15. The summed E-state index contributed by atoms with van der Waals surface area (Å²) in [4.78, 5) is 4.44. The maximum Gasteiger partial charge on any atom is 0.119 e. The quantitative estimate of drug-likeness (QED) is 0.817. The van der Waals surface area contributed by atoms with Gasteiger partial charge in [0.15, 0.2) is 0 Å². The highest BCUT2D eigenvalue weighted by atomic mass is 32.1. The van der Waals surface area contributed by atoms with Gasteiger partial charge in [0.25, 0.3) is 0 Å². The number of hydrogen-bond donors (Lipinski definition) is 2. The van der Waals surface area contributed by atoms with Gasteiger partial charge in [0.2, 0.25) is 0 Å². The van der Waals surface area contributed by atoms with Gasteiger partial charge in [-0.25, -0.2) is 4.98 Å². The van der Waals surface area contributed by atoms with Crippen LogP contribution in [0.5, 0.6) is 0 Å². The van der Waals surface area contributed by atoms with Crippen molar-refractivity contribution in [3.8, 4) is 0 Å². The molecule has 16 heavy (non-hydrogen) atoms. The van der Waals surface area contributed by atoms with E-state index in [1.165, 1.54) is 0 Å². The van der Waals surface area contributed by atoms with Crippen LogP contribution in [0.25, 0.3) is 0 Å². The van der Waals surface area contributed by atoms with Crippen molar-refractivity contribution in [3.05, 3.63) is 16.1 Å². The second-order valence-electron chi connectivity index (χ2n) is 4.15. The van der Waals surface area contributed by atoms with Crippen molar-refractivity contribution in [2.45, 2.75) is 44.6 Å². The van der Waals surface area contributed by atoms with E-state index in [0.29, 0.717) is 6.61 Å². The summed E-state index contributed by atoms with van der Waals surface area (Å²) in [5.41, 5.74) is 1.04. The minimum Gasteiger partial charge on any atom is -0.392 e. The second-order valence-corrected chi connectivity index (χ2v) is 5.09. The van der Waals surface area contributed by atoms with Gasteiger partial charge in [-0.2, -0.15) is 0 Å². The smallest absolute Gasteiger partial charge is 0.119 e. The maximum atomic E-state index is 9.66. The Labute approximate surface area is 99.7 Å². The lowest BCUT2D eigenvalue weighted by atomic mass is 10.2. The third-order valence-corrected chi connectivity index (χ3v) is 3.76. The van der Waals surface area contributed by atoms with E-state index in [9.17, 15) is 5.11 Å². The summed E-state index contributed by atoms with van der Waals surface area (Å²) in [6, 6.07) is 0.243. The molecule has 0 radical (unpaired) electrons. The molecule has 0 amide bonds. The normalized spacial score (nSPS) is 25.1. The van der Waals surface area contributed by atoms with Crippen LogP contribution in [-0.2, 0) is 17.9 Å². The number of rotatable bonds is 5. The number of hydrogen-bond acceptors (Lipinski definition) is 5. The van der Waals surface area contributed by atoms with Crippen LogP contribution >= 0.6 is 11.3 Å². The van der Waals surface area contributed by atoms with Gasteiger partial charge in [-0.05, 0) is 19.3 Å². The van der Waals surface area contributed by atoms with Crippen LogP contribution in [0.1, 0.15) is 30.0 Å². The minimum absolute atomic E-state index is 0.183. The third-order valence-electron chi connectivity index (χ3n) is 2.89. The Morgan fingerprint density at radius 3 is 3.19 bits per heavy atom. The third kappa shape index (κ3) is 3.01. The van der Waals surface area contributed by atoms with Crippen LogP contribution in [-0.4, -0.2) is 29.3 Å². The SMILES string of the molecule is COCc1nc(CNC2CCCC2O)cs1. The van der Waals surface area contributed by atoms with Crippen molar-refractivity contribution in [1.82, 2.24) is 10.3 Å². The maximum absolute atomic E-state index is 9.66. The number of nitrogens with zero attached hydrogens (tertiary/aromatic N) is 1. The highest BCUT2D eigenvalue weighted by molar-refractivity contribution is 7.09. The van der Waals surface area contributed by atoms with Gasteiger partial charge in [-0.3, -0.25) is 0 Å². The molecular weight excluding hydrogens is 224 g/mol. The summed E-state index contributed by atoms with van der Waals surface area (Å²) in [6.07, 6.45) is 2.92. The van der Waals surface area contributed by atoms with E-state index in [4.69, 9.17) is 4.74 Å². The number of methoxy groups -OCH3 is 1. The summed E-state index contributed by atoms with van der Waals surface area (Å²) in [5, 5.41) is 16.1. The largest absolute Gasteiger partial charge is 0.392 e. The molecule has 1 saturated carbocycles. The zero-order chi connectivity index (χ0) is 11.4. The molecule has 1 aliphatic rings. The van der Waals surface area contributed by atoms with E-state index < -0.39 is 0 Å². The molecule has 0 aromatic carbocycles. The summed E-state index contributed by atoms with van der Waals surface area (Å²) >= 11 is 1.62. The molecule has 0 bridgehead atoms. The van der Waals surface area contributed by atoms with Crippen LogP contribution in [0, 0.1) is 0 Å². The molecule has 1 aliphatic carbocycles. The van der Waals surface area contributed by atoms with Crippen molar-refractivity contribution in [2.24, 2.45) is 0 Å². The van der Waals surface area contributed by atoms with Gasteiger partial charge >= 0.3 is 0 Å². The lowest BCUT2D eigenvalue weighted by molar-refractivity contribution is 0.148. The fourth-order valence-electron chi connectivity index (χ4n) is 2.03. The first-order valence-electron chi connectivity index (χ1n) is 5.63. The average Bonchev–Trinajstić information content (AvgIpc) is 2.86. The van der Waals surface area contributed by atoms with Crippen LogP contribution in [0.4, 0.5) is 0 Å². The monoisotopic (exact) mass is 242 g/mol. The molecule has 0 aliphatic heterocycles. The molecular formula is C11H18N2O2S. The van der Waals surface area contributed by atoms with E-state index in [1.807, 2.05) is 5.38 Å². The molecule has 1 fully saturated rings. The number of aliphatic hydroxyl groups excluding tert-OH is 1. The van der Waals surface area contributed by atoms with E-state index >= 15 is 0 Å². The topological polar surface area (TPSA) is 54.4 Å². The second kappa shape index (κ2) is 5.72. The minimum atomic E-state index is -0.183. The van der Waals surface area contributed by atoms with Gasteiger partial charge in [0, 0.05) is 25.1 Å². The number of thiazole rings is 1. The molecule has 2 N–H and O–H groups in total. The molecule has 90 valence electrons. The van der Waals surface area contributed by atoms with Gasteiger partial charge < -0.3 is 15.2 Å². The number of ether oxygens (including phenoxy) is 1. The Balaban J connectivity index is 1.80. The average molecular weight is 242 g/mol. The molecule has 5 heteroatoms. The van der Waals surface area contributed by atoms with Crippen molar-refractivity contribution in [3.63, 3.8) is 0 Å². The fourth-order valence-corrected chi connectivity index (χ4v) is 2.80. The standard InChI is InChI=1S/C11H18N2O2S/c1-15-6-11-13-8(7-16-11)5-12-9-3-2-4-10(9)14/h7,9-10,12,14H,2-6H2,1H3. The van der Waals surface area contributed by atoms with Crippen molar-refractivity contribution < 1.29 is 9.84 Å². The van der Waals surface area contributed by atoms with Crippen molar-refractivity contribution >= 4 is 11.3 Å². The number of aromatic nitrogens is 1. The van der Waals surface area contributed by atoms with Crippen LogP contribution in [0.2, 0.25) is 0 Å². The molecule has 1 aromatic heterocycles. The number of aliphatic hydroxyl groups is 1. The Morgan fingerprint density at radius 2 is 2.50 bits per heavy atom. The highest BCUT2D eigenvalue weighted by Gasteiger charge is 2.24. The molecule has 1 heterocycles. The molecule has 0 spiro atoms. The van der Waals surface area contributed by atoms with E-state index in [1.54, 1.807) is 18.4 Å². The first-order valence-corrected chi connectivity index (χ1v) is 6.51. The Bertz CT molecular complexity index is 330. The zero-order valence-corrected chi connectivity index (χ0v) is 10.3.